The lowest BCUT2D eigenvalue weighted by molar-refractivity contribution is -0.127. The zero-order chi connectivity index (χ0) is 20.9. The first-order valence-corrected chi connectivity index (χ1v) is 10.6. The molecule has 4 rings (SSSR count). The van der Waals surface area contributed by atoms with Crippen molar-refractivity contribution in [2.24, 2.45) is 0 Å². The Bertz CT molecular complexity index is 970. The molecule has 2 amide bonds. The molecule has 1 aliphatic carbocycles. The van der Waals surface area contributed by atoms with Crippen LogP contribution in [-0.4, -0.2) is 32.3 Å². The highest BCUT2D eigenvalue weighted by molar-refractivity contribution is 7.03. The number of furan rings is 1. The molecule has 2 aromatic heterocycles. The van der Waals surface area contributed by atoms with Gasteiger partial charge in [0.05, 0.1) is 6.26 Å². The van der Waals surface area contributed by atoms with E-state index in [1.54, 1.807) is 34.5 Å². The van der Waals surface area contributed by atoms with Gasteiger partial charge in [0.15, 0.2) is 11.7 Å². The SMILES string of the molecule is O=C(NCc1ccc(F)cc1)C(c1ccco1)N(C(=O)c1csnn1)C1CCCC1. The summed E-state index contributed by atoms with van der Waals surface area (Å²) in [6, 6.07) is 8.26. The van der Waals surface area contributed by atoms with E-state index in [-0.39, 0.29) is 35.9 Å². The first-order chi connectivity index (χ1) is 14.6. The topological polar surface area (TPSA) is 88.3 Å². The van der Waals surface area contributed by atoms with Crippen molar-refractivity contribution in [3.63, 3.8) is 0 Å². The summed E-state index contributed by atoms with van der Waals surface area (Å²) in [7, 11) is 0. The van der Waals surface area contributed by atoms with Crippen LogP contribution in [0.4, 0.5) is 4.39 Å². The molecule has 156 valence electrons. The molecule has 1 N–H and O–H groups in total. The number of halogens is 1. The van der Waals surface area contributed by atoms with Gasteiger partial charge in [-0.1, -0.05) is 29.5 Å². The lowest BCUT2D eigenvalue weighted by atomic mass is 10.1. The van der Waals surface area contributed by atoms with Crippen molar-refractivity contribution in [1.29, 1.82) is 0 Å². The molecule has 0 aliphatic heterocycles. The number of hydrogen-bond donors (Lipinski definition) is 1. The van der Waals surface area contributed by atoms with Crippen LogP contribution in [0.1, 0.15) is 53.5 Å². The van der Waals surface area contributed by atoms with Crippen LogP contribution in [0.2, 0.25) is 0 Å². The smallest absolute Gasteiger partial charge is 0.276 e. The predicted molar refractivity (Wildman–Crippen MR) is 108 cm³/mol. The Kier molecular flexibility index (Phi) is 6.18. The Morgan fingerprint density at radius 2 is 2.00 bits per heavy atom. The number of amides is 2. The van der Waals surface area contributed by atoms with Crippen molar-refractivity contribution in [2.75, 3.05) is 0 Å². The van der Waals surface area contributed by atoms with E-state index in [0.29, 0.717) is 5.76 Å². The van der Waals surface area contributed by atoms with Crippen molar-refractivity contribution in [3.8, 4) is 0 Å². The molecule has 1 fully saturated rings. The van der Waals surface area contributed by atoms with E-state index in [0.717, 1.165) is 42.8 Å². The molecule has 0 saturated heterocycles. The molecule has 9 heteroatoms. The summed E-state index contributed by atoms with van der Waals surface area (Å²) in [4.78, 5) is 28.2. The summed E-state index contributed by atoms with van der Waals surface area (Å²) >= 11 is 1.09. The Labute approximate surface area is 177 Å². The van der Waals surface area contributed by atoms with Gasteiger partial charge in [-0.2, -0.15) is 0 Å². The highest BCUT2D eigenvalue weighted by atomic mass is 32.1. The van der Waals surface area contributed by atoms with Crippen LogP contribution in [0.25, 0.3) is 0 Å². The van der Waals surface area contributed by atoms with E-state index >= 15 is 0 Å². The first kappa shape index (κ1) is 20.2. The Morgan fingerprint density at radius 3 is 2.63 bits per heavy atom. The number of carbonyl (C=O) groups excluding carboxylic acids is 2. The van der Waals surface area contributed by atoms with Crippen LogP contribution in [0.5, 0.6) is 0 Å². The zero-order valence-corrected chi connectivity index (χ0v) is 17.0. The maximum absolute atomic E-state index is 13.3. The number of nitrogens with one attached hydrogen (secondary N) is 1. The van der Waals surface area contributed by atoms with Gasteiger partial charge in [-0.15, -0.1) is 5.10 Å². The molecule has 0 radical (unpaired) electrons. The lowest BCUT2D eigenvalue weighted by Gasteiger charge is -2.34. The molecule has 0 spiro atoms. The average molecular weight is 428 g/mol. The Balaban J connectivity index is 1.62. The Hall–Kier alpha value is -3.07. The second-order valence-corrected chi connectivity index (χ2v) is 7.81. The number of carbonyl (C=O) groups is 2. The van der Waals surface area contributed by atoms with Gasteiger partial charge in [-0.25, -0.2) is 4.39 Å². The molecule has 1 aliphatic rings. The maximum Gasteiger partial charge on any atom is 0.276 e. The van der Waals surface area contributed by atoms with E-state index < -0.39 is 6.04 Å². The molecule has 1 unspecified atom stereocenters. The van der Waals surface area contributed by atoms with Crippen LogP contribution in [0.3, 0.4) is 0 Å². The van der Waals surface area contributed by atoms with Gasteiger partial charge < -0.3 is 14.6 Å². The second kappa shape index (κ2) is 9.17. The van der Waals surface area contributed by atoms with Crippen molar-refractivity contribution in [3.05, 3.63) is 70.9 Å². The number of rotatable bonds is 7. The monoisotopic (exact) mass is 428 g/mol. The first-order valence-electron chi connectivity index (χ1n) is 9.79. The van der Waals surface area contributed by atoms with Crippen molar-refractivity contribution < 1.29 is 18.4 Å². The average Bonchev–Trinajstić information content (AvgIpc) is 3.53. The minimum atomic E-state index is -0.933. The third kappa shape index (κ3) is 4.40. The zero-order valence-electron chi connectivity index (χ0n) is 16.2. The number of benzene rings is 1. The largest absolute Gasteiger partial charge is 0.467 e. The minimum Gasteiger partial charge on any atom is -0.467 e. The lowest BCUT2D eigenvalue weighted by Crippen LogP contribution is -2.48. The molecular weight excluding hydrogens is 407 g/mol. The van der Waals surface area contributed by atoms with E-state index in [2.05, 4.69) is 14.9 Å². The summed E-state index contributed by atoms with van der Waals surface area (Å²) in [5.74, 6) is -0.657. The highest BCUT2D eigenvalue weighted by Gasteiger charge is 2.40. The summed E-state index contributed by atoms with van der Waals surface area (Å²) in [6.07, 6.45) is 5.09. The molecule has 2 heterocycles. The van der Waals surface area contributed by atoms with Crippen molar-refractivity contribution in [1.82, 2.24) is 19.8 Å². The van der Waals surface area contributed by atoms with Crippen molar-refractivity contribution >= 4 is 23.3 Å². The standard InChI is InChI=1S/C21H21FN4O3S/c22-15-9-7-14(8-10-15)12-23-20(27)19(18-6-3-11-29-18)26(16-4-1-2-5-16)21(28)17-13-30-25-24-17/h3,6-11,13,16,19H,1-2,4-5,12H2,(H,23,27). The fourth-order valence-electron chi connectivity index (χ4n) is 3.79. The van der Waals surface area contributed by atoms with E-state index in [1.807, 2.05) is 0 Å². The molecule has 1 atom stereocenters. The maximum atomic E-state index is 13.3. The van der Waals surface area contributed by atoms with Gasteiger partial charge in [0.25, 0.3) is 11.8 Å². The van der Waals surface area contributed by atoms with Crippen LogP contribution in [-0.2, 0) is 11.3 Å². The molecule has 7 nitrogen and oxygen atoms in total. The fourth-order valence-corrected chi connectivity index (χ4v) is 4.22. The molecular formula is C21H21FN4O3S. The summed E-state index contributed by atoms with van der Waals surface area (Å²) in [5, 5.41) is 8.36. The molecule has 0 bridgehead atoms. The fraction of sp³-hybridized carbons (Fsp3) is 0.333. The number of aromatic nitrogens is 2. The molecule has 3 aromatic rings. The minimum absolute atomic E-state index is 0.0918. The number of hydrogen-bond acceptors (Lipinski definition) is 6. The number of nitrogens with zero attached hydrogens (tertiary/aromatic N) is 3. The van der Waals surface area contributed by atoms with Crippen LogP contribution < -0.4 is 5.32 Å². The van der Waals surface area contributed by atoms with Crippen LogP contribution >= 0.6 is 11.5 Å². The highest BCUT2D eigenvalue weighted by Crippen LogP contribution is 2.33. The molecule has 1 saturated carbocycles. The van der Waals surface area contributed by atoms with Crippen molar-refractivity contribution in [2.45, 2.75) is 44.3 Å². The van der Waals surface area contributed by atoms with Gasteiger partial charge in [0.2, 0.25) is 0 Å². The third-order valence-electron chi connectivity index (χ3n) is 5.25. The summed E-state index contributed by atoms with van der Waals surface area (Å²) in [6.45, 7) is 0.210. The van der Waals surface area contributed by atoms with Gasteiger partial charge in [0.1, 0.15) is 11.6 Å². The molecule has 30 heavy (non-hydrogen) atoms. The van der Waals surface area contributed by atoms with Crippen LogP contribution in [0, 0.1) is 5.82 Å². The van der Waals surface area contributed by atoms with Gasteiger partial charge in [-0.05, 0) is 54.2 Å². The molecule has 1 aromatic carbocycles. The van der Waals surface area contributed by atoms with E-state index in [9.17, 15) is 14.0 Å². The van der Waals surface area contributed by atoms with Gasteiger partial charge in [0, 0.05) is 18.0 Å². The quantitative estimate of drug-likeness (QED) is 0.620. The van der Waals surface area contributed by atoms with Gasteiger partial charge in [-0.3, -0.25) is 9.59 Å². The van der Waals surface area contributed by atoms with E-state index in [1.165, 1.54) is 18.4 Å². The summed E-state index contributed by atoms with van der Waals surface area (Å²) in [5.41, 5.74) is 0.972. The predicted octanol–water partition coefficient (Wildman–Crippen LogP) is 3.71. The van der Waals surface area contributed by atoms with Crippen LogP contribution in [0.15, 0.2) is 52.5 Å². The summed E-state index contributed by atoms with van der Waals surface area (Å²) < 4.78 is 22.5. The second-order valence-electron chi connectivity index (χ2n) is 7.20. The third-order valence-corrected chi connectivity index (χ3v) is 5.76. The van der Waals surface area contributed by atoms with E-state index in [4.69, 9.17) is 4.42 Å². The van der Waals surface area contributed by atoms with Gasteiger partial charge >= 0.3 is 0 Å². The Morgan fingerprint density at radius 1 is 1.23 bits per heavy atom. The normalized spacial score (nSPS) is 15.1.